The van der Waals surface area contributed by atoms with Gasteiger partial charge >= 0.3 is 5.97 Å². The number of aryl methyl sites for hydroxylation is 2. The zero-order chi connectivity index (χ0) is 11.4. The summed E-state index contributed by atoms with van der Waals surface area (Å²) in [5.74, 6) is -0.850. The van der Waals surface area contributed by atoms with E-state index in [2.05, 4.69) is 5.10 Å². The third kappa shape index (κ3) is 1.35. The van der Waals surface area contributed by atoms with Crippen LogP contribution in [0.5, 0.6) is 0 Å². The first-order valence-corrected chi connectivity index (χ1v) is 5.08. The Morgan fingerprint density at radius 1 is 1.60 bits per heavy atom. The van der Waals surface area contributed by atoms with Crippen LogP contribution in [0.3, 0.4) is 0 Å². The van der Waals surface area contributed by atoms with Crippen LogP contribution >= 0.6 is 0 Å². The first-order chi connectivity index (χ1) is 6.85. The predicted molar refractivity (Wildman–Crippen MR) is 55.6 cm³/mol. The van der Waals surface area contributed by atoms with Crippen molar-refractivity contribution in [1.29, 1.82) is 0 Å². The highest BCUT2D eigenvalue weighted by atomic mass is 16.4. The first kappa shape index (κ1) is 10.2. The van der Waals surface area contributed by atoms with Crippen molar-refractivity contribution in [2.75, 3.05) is 0 Å². The molecule has 0 radical (unpaired) electrons. The average molecular weight is 208 g/mol. The molecule has 1 aliphatic rings. The molecule has 0 aliphatic heterocycles. The van der Waals surface area contributed by atoms with Gasteiger partial charge in [0, 0.05) is 19.2 Å². The van der Waals surface area contributed by atoms with Crippen molar-refractivity contribution in [1.82, 2.24) is 9.78 Å². The monoisotopic (exact) mass is 208 g/mol. The molecule has 0 bridgehead atoms. The molecule has 0 saturated heterocycles. The summed E-state index contributed by atoms with van der Waals surface area (Å²) >= 11 is 0. The highest BCUT2D eigenvalue weighted by Gasteiger charge is 2.63. The van der Waals surface area contributed by atoms with Crippen LogP contribution in [-0.2, 0) is 11.8 Å². The fourth-order valence-electron chi connectivity index (χ4n) is 2.60. The van der Waals surface area contributed by atoms with Gasteiger partial charge in [-0.1, -0.05) is 13.8 Å². The summed E-state index contributed by atoms with van der Waals surface area (Å²) in [6.07, 6.45) is 1.94. The smallest absolute Gasteiger partial charge is 0.307 e. The number of carboxylic acids is 1. The van der Waals surface area contributed by atoms with Gasteiger partial charge in [-0.3, -0.25) is 9.48 Å². The molecule has 4 nitrogen and oxygen atoms in total. The highest BCUT2D eigenvalue weighted by Crippen LogP contribution is 2.64. The summed E-state index contributed by atoms with van der Waals surface area (Å²) in [6, 6.07) is 0. The van der Waals surface area contributed by atoms with Gasteiger partial charge in [-0.25, -0.2) is 0 Å². The molecule has 1 aromatic heterocycles. The van der Waals surface area contributed by atoms with Crippen LogP contribution in [0.2, 0.25) is 0 Å². The number of aliphatic carboxylic acids is 1. The van der Waals surface area contributed by atoms with E-state index in [9.17, 15) is 4.79 Å². The lowest BCUT2D eigenvalue weighted by Gasteiger charge is -1.99. The van der Waals surface area contributed by atoms with E-state index in [-0.39, 0.29) is 17.3 Å². The largest absolute Gasteiger partial charge is 0.481 e. The van der Waals surface area contributed by atoms with Crippen LogP contribution in [0.1, 0.15) is 31.0 Å². The molecule has 1 aromatic rings. The highest BCUT2D eigenvalue weighted by molar-refractivity contribution is 5.77. The van der Waals surface area contributed by atoms with Crippen LogP contribution in [0.4, 0.5) is 0 Å². The Kier molecular flexibility index (Phi) is 1.93. The van der Waals surface area contributed by atoms with Crippen molar-refractivity contribution >= 4 is 5.97 Å². The molecule has 15 heavy (non-hydrogen) atoms. The molecule has 0 unspecified atom stereocenters. The molecule has 2 rings (SSSR count). The Labute approximate surface area is 88.9 Å². The second-order valence-corrected chi connectivity index (χ2v) is 4.96. The molecule has 0 spiro atoms. The van der Waals surface area contributed by atoms with Crippen molar-refractivity contribution < 1.29 is 9.90 Å². The number of carbonyl (C=O) groups is 1. The molecule has 1 saturated carbocycles. The molecule has 1 heterocycles. The van der Waals surface area contributed by atoms with Crippen LogP contribution in [-0.4, -0.2) is 20.9 Å². The van der Waals surface area contributed by atoms with Crippen molar-refractivity contribution in [3.63, 3.8) is 0 Å². The third-order valence-corrected chi connectivity index (χ3v) is 3.48. The molecular formula is C11H16N2O2. The first-order valence-electron chi connectivity index (χ1n) is 5.08. The lowest BCUT2D eigenvalue weighted by atomic mass is 10.0. The summed E-state index contributed by atoms with van der Waals surface area (Å²) in [6.45, 7) is 5.94. The van der Waals surface area contributed by atoms with Crippen LogP contribution in [0.25, 0.3) is 0 Å². The normalized spacial score (nSPS) is 27.7. The SMILES string of the molecule is Cc1nn(C)cc1[C@@H]1[C@@H](C(=O)O)C1(C)C. The fraction of sp³-hybridized carbons (Fsp3) is 0.636. The minimum atomic E-state index is -0.701. The van der Waals surface area contributed by atoms with Crippen LogP contribution in [0.15, 0.2) is 6.20 Å². The van der Waals surface area contributed by atoms with Gasteiger partial charge in [0.1, 0.15) is 0 Å². The minimum absolute atomic E-state index is 0.115. The Balaban J connectivity index is 2.35. The van der Waals surface area contributed by atoms with Gasteiger partial charge in [0.15, 0.2) is 0 Å². The predicted octanol–water partition coefficient (Wildman–Crippen LogP) is 1.55. The summed E-state index contributed by atoms with van der Waals surface area (Å²) in [5, 5.41) is 13.3. The van der Waals surface area contributed by atoms with Crippen LogP contribution < -0.4 is 0 Å². The Hall–Kier alpha value is -1.32. The summed E-state index contributed by atoms with van der Waals surface area (Å²) < 4.78 is 1.75. The number of aromatic nitrogens is 2. The Bertz CT molecular complexity index is 420. The molecule has 0 aromatic carbocycles. The van der Waals surface area contributed by atoms with E-state index >= 15 is 0 Å². The van der Waals surface area contributed by atoms with E-state index in [1.807, 2.05) is 34.0 Å². The van der Waals surface area contributed by atoms with Gasteiger partial charge in [-0.05, 0) is 17.9 Å². The van der Waals surface area contributed by atoms with E-state index in [0.29, 0.717) is 0 Å². The summed E-state index contributed by atoms with van der Waals surface area (Å²) in [7, 11) is 1.86. The molecule has 1 N–H and O–H groups in total. The molecule has 1 fully saturated rings. The minimum Gasteiger partial charge on any atom is -0.481 e. The fourth-order valence-corrected chi connectivity index (χ4v) is 2.60. The Morgan fingerprint density at radius 2 is 2.20 bits per heavy atom. The average Bonchev–Trinajstić information content (AvgIpc) is 2.48. The topological polar surface area (TPSA) is 55.1 Å². The number of nitrogens with zero attached hydrogens (tertiary/aromatic N) is 2. The zero-order valence-corrected chi connectivity index (χ0v) is 9.48. The maximum absolute atomic E-state index is 11.1. The number of rotatable bonds is 2. The van der Waals surface area contributed by atoms with Gasteiger partial charge in [-0.2, -0.15) is 5.10 Å². The zero-order valence-electron chi connectivity index (χ0n) is 9.48. The molecule has 82 valence electrons. The van der Waals surface area contributed by atoms with Gasteiger partial charge in [-0.15, -0.1) is 0 Å². The van der Waals surface area contributed by atoms with E-state index in [1.54, 1.807) is 4.68 Å². The second kappa shape index (κ2) is 2.84. The standard InChI is InChI=1S/C11H16N2O2/c1-6-7(5-13(4)12-6)8-9(10(14)15)11(8,2)3/h5,8-9H,1-4H3,(H,14,15)/t8-,9+/m1/s1. The van der Waals surface area contributed by atoms with Crippen molar-refractivity contribution in [3.05, 3.63) is 17.5 Å². The van der Waals surface area contributed by atoms with E-state index < -0.39 is 5.97 Å². The summed E-state index contributed by atoms with van der Waals surface area (Å²) in [4.78, 5) is 11.1. The van der Waals surface area contributed by atoms with Crippen molar-refractivity contribution in [3.8, 4) is 0 Å². The molecule has 0 amide bonds. The molecule has 1 aliphatic carbocycles. The molecule has 4 heteroatoms. The maximum atomic E-state index is 11.1. The van der Waals surface area contributed by atoms with Crippen molar-refractivity contribution in [2.24, 2.45) is 18.4 Å². The Morgan fingerprint density at radius 3 is 2.53 bits per heavy atom. The lowest BCUT2D eigenvalue weighted by molar-refractivity contribution is -0.139. The van der Waals surface area contributed by atoms with Gasteiger partial charge in [0.05, 0.1) is 11.6 Å². The maximum Gasteiger partial charge on any atom is 0.307 e. The van der Waals surface area contributed by atoms with Crippen LogP contribution in [0, 0.1) is 18.3 Å². The molecular weight excluding hydrogens is 192 g/mol. The quantitative estimate of drug-likeness (QED) is 0.802. The number of hydrogen-bond acceptors (Lipinski definition) is 2. The van der Waals surface area contributed by atoms with E-state index in [0.717, 1.165) is 11.3 Å². The third-order valence-electron chi connectivity index (χ3n) is 3.48. The van der Waals surface area contributed by atoms with E-state index in [1.165, 1.54) is 0 Å². The van der Waals surface area contributed by atoms with Gasteiger partial charge in [0.2, 0.25) is 0 Å². The second-order valence-electron chi connectivity index (χ2n) is 4.96. The van der Waals surface area contributed by atoms with E-state index in [4.69, 9.17) is 5.11 Å². The van der Waals surface area contributed by atoms with Gasteiger partial charge < -0.3 is 5.11 Å². The lowest BCUT2D eigenvalue weighted by Crippen LogP contribution is -2.03. The van der Waals surface area contributed by atoms with Crippen molar-refractivity contribution in [2.45, 2.75) is 26.7 Å². The summed E-state index contributed by atoms with van der Waals surface area (Å²) in [5.41, 5.74) is 1.88. The number of carboxylic acid groups (broad SMARTS) is 1. The number of hydrogen-bond donors (Lipinski definition) is 1. The van der Waals surface area contributed by atoms with Gasteiger partial charge in [0.25, 0.3) is 0 Å². The molecule has 2 atom stereocenters.